The fourth-order valence-electron chi connectivity index (χ4n) is 1.94. The summed E-state index contributed by atoms with van der Waals surface area (Å²) in [5.41, 5.74) is 7.78. The number of nitrogen functional groups attached to an aromatic ring is 1. The van der Waals surface area contributed by atoms with E-state index in [1.807, 2.05) is 34.0 Å². The van der Waals surface area contributed by atoms with Crippen molar-refractivity contribution >= 4 is 17.3 Å². The Morgan fingerprint density at radius 1 is 1.50 bits per heavy atom. The predicted octanol–water partition coefficient (Wildman–Crippen LogP) is 1.64. The van der Waals surface area contributed by atoms with Gasteiger partial charge in [-0.15, -0.1) is 0 Å². The second-order valence-corrected chi connectivity index (χ2v) is 4.87. The van der Waals surface area contributed by atoms with Crippen molar-refractivity contribution in [2.75, 3.05) is 31.7 Å². The van der Waals surface area contributed by atoms with E-state index in [-0.39, 0.29) is 11.6 Å². The Hall–Kier alpha value is -1.75. The minimum Gasteiger partial charge on any atom is -0.478 e. The van der Waals surface area contributed by atoms with Crippen LogP contribution in [-0.4, -0.2) is 42.7 Å². The van der Waals surface area contributed by atoms with Gasteiger partial charge in [0.2, 0.25) is 0 Å². The van der Waals surface area contributed by atoms with Crippen LogP contribution in [0.4, 0.5) is 11.4 Å². The van der Waals surface area contributed by atoms with Crippen LogP contribution in [0.2, 0.25) is 0 Å². The number of likely N-dealkylation sites (N-methyl/N-ethyl adjacent to an activating group) is 1. The first-order chi connectivity index (χ1) is 8.31. The molecule has 18 heavy (non-hydrogen) atoms. The van der Waals surface area contributed by atoms with E-state index in [2.05, 4.69) is 10.2 Å². The third kappa shape index (κ3) is 3.63. The van der Waals surface area contributed by atoms with Crippen LogP contribution in [0.1, 0.15) is 22.8 Å². The molecule has 1 atom stereocenters. The number of carboxylic acids is 1. The lowest BCUT2D eigenvalue weighted by atomic mass is 10.1. The number of benzene rings is 1. The monoisotopic (exact) mass is 251 g/mol. The number of rotatable bonds is 5. The molecule has 0 aromatic heterocycles. The SMILES string of the molecule is Cc1cc(NC(C)CN(C)C)cc(C(=O)O)c1N. The molecule has 1 aromatic rings. The molecule has 4 N–H and O–H groups in total. The van der Waals surface area contributed by atoms with Crippen molar-refractivity contribution in [3.8, 4) is 0 Å². The lowest BCUT2D eigenvalue weighted by Crippen LogP contribution is -2.29. The van der Waals surface area contributed by atoms with E-state index < -0.39 is 5.97 Å². The highest BCUT2D eigenvalue weighted by atomic mass is 16.4. The van der Waals surface area contributed by atoms with Crippen molar-refractivity contribution in [3.63, 3.8) is 0 Å². The number of aromatic carboxylic acids is 1. The quantitative estimate of drug-likeness (QED) is 0.693. The summed E-state index contributed by atoms with van der Waals surface area (Å²) in [6.07, 6.45) is 0. The topological polar surface area (TPSA) is 78.6 Å². The van der Waals surface area contributed by atoms with Gasteiger partial charge in [0.15, 0.2) is 0 Å². The maximum Gasteiger partial charge on any atom is 0.337 e. The minimum atomic E-state index is -1.00. The maximum atomic E-state index is 11.1. The van der Waals surface area contributed by atoms with E-state index in [1.165, 1.54) is 0 Å². The molecule has 1 unspecified atom stereocenters. The molecule has 1 aromatic carbocycles. The number of hydrogen-bond donors (Lipinski definition) is 3. The van der Waals surface area contributed by atoms with Gasteiger partial charge < -0.3 is 21.1 Å². The Balaban J connectivity index is 2.94. The molecule has 0 heterocycles. The summed E-state index contributed by atoms with van der Waals surface area (Å²) < 4.78 is 0. The number of hydrogen-bond acceptors (Lipinski definition) is 4. The van der Waals surface area contributed by atoms with E-state index in [0.717, 1.165) is 17.8 Å². The Labute approximate surface area is 108 Å². The van der Waals surface area contributed by atoms with Crippen LogP contribution in [-0.2, 0) is 0 Å². The van der Waals surface area contributed by atoms with Gasteiger partial charge in [0.1, 0.15) is 0 Å². The van der Waals surface area contributed by atoms with Crippen molar-refractivity contribution in [2.24, 2.45) is 0 Å². The molecule has 0 saturated heterocycles. The highest BCUT2D eigenvalue weighted by Gasteiger charge is 2.12. The average molecular weight is 251 g/mol. The number of aryl methyl sites for hydroxylation is 1. The Bertz CT molecular complexity index is 444. The second kappa shape index (κ2) is 5.73. The first kappa shape index (κ1) is 14.3. The summed E-state index contributed by atoms with van der Waals surface area (Å²) >= 11 is 0. The van der Waals surface area contributed by atoms with Gasteiger partial charge in [-0.25, -0.2) is 4.79 Å². The largest absolute Gasteiger partial charge is 0.478 e. The van der Waals surface area contributed by atoms with E-state index in [1.54, 1.807) is 6.07 Å². The molecule has 0 radical (unpaired) electrons. The molecule has 0 spiro atoms. The summed E-state index contributed by atoms with van der Waals surface area (Å²) in [6.45, 7) is 4.72. The van der Waals surface area contributed by atoms with E-state index in [0.29, 0.717) is 5.69 Å². The molecule has 0 amide bonds. The zero-order valence-electron chi connectivity index (χ0n) is 11.3. The molecule has 0 aliphatic rings. The van der Waals surface area contributed by atoms with Crippen molar-refractivity contribution in [1.82, 2.24) is 4.90 Å². The third-order valence-electron chi connectivity index (χ3n) is 2.67. The van der Waals surface area contributed by atoms with Crippen LogP contribution in [0.3, 0.4) is 0 Å². The molecule has 1 rings (SSSR count). The molecule has 5 nitrogen and oxygen atoms in total. The van der Waals surface area contributed by atoms with Crippen LogP contribution in [0.25, 0.3) is 0 Å². The maximum absolute atomic E-state index is 11.1. The van der Waals surface area contributed by atoms with E-state index in [9.17, 15) is 4.79 Å². The lowest BCUT2D eigenvalue weighted by molar-refractivity contribution is 0.0698. The van der Waals surface area contributed by atoms with Gasteiger partial charge >= 0.3 is 5.97 Å². The standard InChI is InChI=1S/C13H21N3O2/c1-8-5-10(15-9(2)7-16(3)4)6-11(12(8)14)13(17)18/h5-6,9,15H,7,14H2,1-4H3,(H,17,18). The second-order valence-electron chi connectivity index (χ2n) is 4.87. The number of nitrogens with two attached hydrogens (primary N) is 1. The van der Waals surface area contributed by atoms with Crippen LogP contribution < -0.4 is 11.1 Å². The fraction of sp³-hybridized carbons (Fsp3) is 0.462. The summed E-state index contributed by atoms with van der Waals surface area (Å²) in [6, 6.07) is 3.68. The molecule has 0 bridgehead atoms. The van der Waals surface area contributed by atoms with Crippen molar-refractivity contribution in [2.45, 2.75) is 19.9 Å². The Morgan fingerprint density at radius 2 is 2.11 bits per heavy atom. The van der Waals surface area contributed by atoms with Crippen molar-refractivity contribution in [3.05, 3.63) is 23.3 Å². The summed E-state index contributed by atoms with van der Waals surface area (Å²) in [7, 11) is 3.99. The molecule has 0 saturated carbocycles. The average Bonchev–Trinajstić information content (AvgIpc) is 2.21. The first-order valence-corrected chi connectivity index (χ1v) is 5.86. The van der Waals surface area contributed by atoms with Crippen LogP contribution >= 0.6 is 0 Å². The highest BCUT2D eigenvalue weighted by Crippen LogP contribution is 2.23. The smallest absolute Gasteiger partial charge is 0.337 e. The van der Waals surface area contributed by atoms with Gasteiger partial charge in [-0.1, -0.05) is 0 Å². The van der Waals surface area contributed by atoms with Gasteiger partial charge in [0, 0.05) is 24.0 Å². The Kier molecular flexibility index (Phi) is 4.55. The van der Waals surface area contributed by atoms with Crippen molar-refractivity contribution < 1.29 is 9.90 Å². The van der Waals surface area contributed by atoms with Gasteiger partial charge in [0.25, 0.3) is 0 Å². The Morgan fingerprint density at radius 3 is 2.61 bits per heavy atom. The summed E-state index contributed by atoms with van der Waals surface area (Å²) in [4.78, 5) is 13.1. The van der Waals surface area contributed by atoms with Crippen LogP contribution in [0.5, 0.6) is 0 Å². The lowest BCUT2D eigenvalue weighted by Gasteiger charge is -2.20. The van der Waals surface area contributed by atoms with Crippen molar-refractivity contribution in [1.29, 1.82) is 0 Å². The molecule has 100 valence electrons. The normalized spacial score (nSPS) is 12.5. The number of nitrogens with one attached hydrogen (secondary N) is 1. The first-order valence-electron chi connectivity index (χ1n) is 5.86. The number of nitrogens with zero attached hydrogens (tertiary/aromatic N) is 1. The zero-order valence-corrected chi connectivity index (χ0v) is 11.3. The third-order valence-corrected chi connectivity index (χ3v) is 2.67. The number of anilines is 2. The van der Waals surface area contributed by atoms with Crippen LogP contribution in [0, 0.1) is 6.92 Å². The number of carbonyl (C=O) groups is 1. The molecular weight excluding hydrogens is 230 g/mol. The van der Waals surface area contributed by atoms with Gasteiger partial charge in [0.05, 0.1) is 5.56 Å². The number of carboxylic acid groups (broad SMARTS) is 1. The molecule has 5 heteroatoms. The molecular formula is C13H21N3O2. The molecule has 0 aliphatic heterocycles. The molecule has 0 fully saturated rings. The van der Waals surface area contributed by atoms with Crippen LogP contribution in [0.15, 0.2) is 12.1 Å². The molecule has 0 aliphatic carbocycles. The summed E-state index contributed by atoms with van der Waals surface area (Å²) in [5.74, 6) is -1.00. The fourth-order valence-corrected chi connectivity index (χ4v) is 1.94. The minimum absolute atomic E-state index is 0.148. The van der Waals surface area contributed by atoms with Gasteiger partial charge in [-0.05, 0) is 45.6 Å². The van der Waals surface area contributed by atoms with Gasteiger partial charge in [-0.2, -0.15) is 0 Å². The summed E-state index contributed by atoms with van der Waals surface area (Å²) in [5, 5.41) is 12.4. The van der Waals surface area contributed by atoms with Gasteiger partial charge in [-0.3, -0.25) is 0 Å². The highest BCUT2D eigenvalue weighted by molar-refractivity contribution is 5.95. The predicted molar refractivity (Wildman–Crippen MR) is 74.2 cm³/mol. The van der Waals surface area contributed by atoms with E-state index in [4.69, 9.17) is 10.8 Å². The zero-order chi connectivity index (χ0) is 13.9. The van der Waals surface area contributed by atoms with E-state index >= 15 is 0 Å².